The lowest BCUT2D eigenvalue weighted by molar-refractivity contribution is 0.612. The van der Waals surface area contributed by atoms with Gasteiger partial charge >= 0.3 is 0 Å². The first kappa shape index (κ1) is 20.6. The van der Waals surface area contributed by atoms with E-state index in [-0.39, 0.29) is 10.7 Å². The van der Waals surface area contributed by atoms with Crippen molar-refractivity contribution in [1.29, 1.82) is 0 Å². The number of nitrogens with one attached hydrogen (secondary N) is 1. The molecule has 0 fully saturated rings. The van der Waals surface area contributed by atoms with Crippen molar-refractivity contribution in [2.24, 2.45) is 7.05 Å². The van der Waals surface area contributed by atoms with E-state index in [1.54, 1.807) is 7.05 Å². The molecule has 0 radical (unpaired) electrons. The maximum atomic E-state index is 13.0. The monoisotopic (exact) mass is 418 g/mol. The first-order valence-corrected chi connectivity index (χ1v) is 10.4. The average molecular weight is 419 g/mol. The molecule has 2 atom stereocenters. The number of halogens is 1. The Hall–Kier alpha value is -2.09. The van der Waals surface area contributed by atoms with Crippen LogP contribution < -0.4 is 10.3 Å². The molecule has 0 bridgehead atoms. The summed E-state index contributed by atoms with van der Waals surface area (Å²) in [7, 11) is 0.369. The number of aromatic nitrogens is 3. The lowest BCUT2D eigenvalue weighted by Gasteiger charge is -2.22. The van der Waals surface area contributed by atoms with Gasteiger partial charge in [-0.05, 0) is 33.8 Å². The van der Waals surface area contributed by atoms with Crippen LogP contribution in [-0.4, -0.2) is 23.5 Å². The summed E-state index contributed by atoms with van der Waals surface area (Å²) >= 11 is 6.18. The van der Waals surface area contributed by atoms with E-state index < -0.39 is 21.8 Å². The third-order valence-corrected chi connectivity index (χ3v) is 6.21. The van der Waals surface area contributed by atoms with Crippen LogP contribution in [0.1, 0.15) is 39.4 Å². The Bertz CT molecular complexity index is 1110. The van der Waals surface area contributed by atoms with Crippen molar-refractivity contribution < 1.29 is 4.21 Å². The number of fused-ring (bicyclic) bond motifs is 1. The molecule has 0 aliphatic heterocycles. The van der Waals surface area contributed by atoms with Crippen LogP contribution in [0.3, 0.4) is 0 Å². The zero-order valence-electron chi connectivity index (χ0n) is 16.5. The summed E-state index contributed by atoms with van der Waals surface area (Å²) in [5.74, 6) is 0.535. The normalized spacial score (nSPS) is 14.2. The van der Waals surface area contributed by atoms with Gasteiger partial charge in [-0.2, -0.15) is 0 Å². The third kappa shape index (κ3) is 4.01. The second-order valence-electron chi connectivity index (χ2n) is 7.61. The zero-order valence-corrected chi connectivity index (χ0v) is 18.1. The van der Waals surface area contributed by atoms with E-state index in [9.17, 15) is 9.00 Å². The molecular formula is C20H23ClN4O2S. The Kier molecular flexibility index (Phi) is 5.70. The fraction of sp³-hybridized carbons (Fsp3) is 0.350. The molecule has 3 rings (SSSR count). The maximum Gasteiger partial charge on any atom is 0.261 e. The van der Waals surface area contributed by atoms with Gasteiger partial charge < -0.3 is 0 Å². The lowest BCUT2D eigenvalue weighted by Crippen LogP contribution is -2.35. The van der Waals surface area contributed by atoms with Crippen molar-refractivity contribution in [3.8, 4) is 11.4 Å². The van der Waals surface area contributed by atoms with Gasteiger partial charge in [-0.15, -0.1) is 0 Å². The molecule has 0 saturated carbocycles. The standard InChI is InChI=1S/C20H23ClN4O2S/c1-12(24-28(27)20(2,3)4)16-17-14(11-15(21)22-16)19(26)25(5)18(23-17)13-9-7-6-8-10-13/h6-12,24H,1-5H3/t12-,28?/m1/s1. The molecule has 0 aliphatic rings. The van der Waals surface area contributed by atoms with Gasteiger partial charge in [0.25, 0.3) is 5.56 Å². The van der Waals surface area contributed by atoms with Crippen LogP contribution in [0.2, 0.25) is 5.15 Å². The highest BCUT2D eigenvalue weighted by molar-refractivity contribution is 7.84. The van der Waals surface area contributed by atoms with Crippen molar-refractivity contribution in [3.05, 3.63) is 57.6 Å². The molecule has 1 N–H and O–H groups in total. The minimum Gasteiger partial charge on any atom is -0.295 e. The van der Waals surface area contributed by atoms with Crippen molar-refractivity contribution in [3.63, 3.8) is 0 Å². The van der Waals surface area contributed by atoms with Crippen LogP contribution in [0, 0.1) is 0 Å². The SMILES string of the molecule is C[C@@H](NS(=O)C(C)(C)C)c1nc(Cl)cc2c(=O)n(C)c(-c3ccccc3)nc12. The van der Waals surface area contributed by atoms with Gasteiger partial charge in [0, 0.05) is 12.6 Å². The minimum absolute atomic E-state index is 0.198. The molecule has 2 heterocycles. The molecule has 148 valence electrons. The van der Waals surface area contributed by atoms with Crippen LogP contribution in [0.25, 0.3) is 22.3 Å². The van der Waals surface area contributed by atoms with E-state index in [2.05, 4.69) is 9.71 Å². The number of rotatable bonds is 4. The highest BCUT2D eigenvalue weighted by atomic mass is 35.5. The van der Waals surface area contributed by atoms with Gasteiger partial charge in [-0.1, -0.05) is 41.9 Å². The first-order chi connectivity index (χ1) is 13.1. The van der Waals surface area contributed by atoms with Crippen LogP contribution in [0.4, 0.5) is 0 Å². The smallest absolute Gasteiger partial charge is 0.261 e. The van der Waals surface area contributed by atoms with Crippen LogP contribution in [0.5, 0.6) is 0 Å². The van der Waals surface area contributed by atoms with Crippen LogP contribution in [0.15, 0.2) is 41.2 Å². The number of nitrogens with zero attached hydrogens (tertiary/aromatic N) is 3. The van der Waals surface area contributed by atoms with Crippen LogP contribution >= 0.6 is 11.6 Å². The topological polar surface area (TPSA) is 76.9 Å². The molecule has 3 aromatic rings. The van der Waals surface area contributed by atoms with Crippen molar-refractivity contribution in [2.45, 2.75) is 38.5 Å². The Morgan fingerprint density at radius 2 is 1.82 bits per heavy atom. The quantitative estimate of drug-likeness (QED) is 0.654. The molecule has 0 spiro atoms. The van der Waals surface area contributed by atoms with Gasteiger partial charge in [-0.25, -0.2) is 18.9 Å². The van der Waals surface area contributed by atoms with Crippen molar-refractivity contribution in [1.82, 2.24) is 19.3 Å². The minimum atomic E-state index is -1.31. The van der Waals surface area contributed by atoms with Gasteiger partial charge in [0.1, 0.15) is 16.5 Å². The van der Waals surface area contributed by atoms with E-state index in [1.165, 1.54) is 10.6 Å². The Morgan fingerprint density at radius 1 is 1.18 bits per heavy atom. The molecule has 0 aliphatic carbocycles. The Labute approximate surface area is 171 Å². The van der Waals surface area contributed by atoms with Gasteiger partial charge in [0.05, 0.1) is 32.9 Å². The Balaban J connectivity index is 2.22. The molecule has 28 heavy (non-hydrogen) atoms. The predicted molar refractivity (Wildman–Crippen MR) is 115 cm³/mol. The third-order valence-electron chi connectivity index (χ3n) is 4.34. The van der Waals surface area contributed by atoms with E-state index in [4.69, 9.17) is 16.6 Å². The number of pyridine rings is 1. The maximum absolute atomic E-state index is 13.0. The molecule has 2 aromatic heterocycles. The molecule has 8 heteroatoms. The fourth-order valence-electron chi connectivity index (χ4n) is 2.80. The van der Waals surface area contributed by atoms with Crippen LogP contribution in [-0.2, 0) is 18.0 Å². The number of hydrogen-bond acceptors (Lipinski definition) is 4. The largest absolute Gasteiger partial charge is 0.295 e. The van der Waals surface area contributed by atoms with Crippen molar-refractivity contribution in [2.75, 3.05) is 0 Å². The molecule has 6 nitrogen and oxygen atoms in total. The van der Waals surface area contributed by atoms with Gasteiger partial charge in [-0.3, -0.25) is 9.36 Å². The number of hydrogen-bond donors (Lipinski definition) is 1. The summed E-state index contributed by atoms with van der Waals surface area (Å²) in [6, 6.07) is 10.6. The highest BCUT2D eigenvalue weighted by Gasteiger charge is 2.25. The summed E-state index contributed by atoms with van der Waals surface area (Å²) in [6.07, 6.45) is 0. The molecule has 1 unspecified atom stereocenters. The van der Waals surface area contributed by atoms with E-state index in [0.717, 1.165) is 5.56 Å². The second kappa shape index (κ2) is 7.73. The zero-order chi connectivity index (χ0) is 20.6. The summed E-state index contributed by atoms with van der Waals surface area (Å²) in [5, 5.41) is 0.580. The summed E-state index contributed by atoms with van der Waals surface area (Å²) in [5.41, 5.74) is 1.56. The predicted octanol–water partition coefficient (Wildman–Crippen LogP) is 3.76. The first-order valence-electron chi connectivity index (χ1n) is 8.90. The average Bonchev–Trinajstić information content (AvgIpc) is 2.64. The lowest BCUT2D eigenvalue weighted by atomic mass is 10.1. The second-order valence-corrected chi connectivity index (χ2v) is 10.00. The molecule has 0 saturated heterocycles. The van der Waals surface area contributed by atoms with Crippen molar-refractivity contribution >= 4 is 33.5 Å². The molecular weight excluding hydrogens is 396 g/mol. The summed E-state index contributed by atoms with van der Waals surface area (Å²) in [6.45, 7) is 7.48. The van der Waals surface area contributed by atoms with Gasteiger partial charge in [0.15, 0.2) is 0 Å². The molecule has 1 aromatic carbocycles. The van der Waals surface area contributed by atoms with E-state index in [0.29, 0.717) is 22.4 Å². The van der Waals surface area contributed by atoms with E-state index >= 15 is 0 Å². The Morgan fingerprint density at radius 3 is 2.43 bits per heavy atom. The number of benzene rings is 1. The van der Waals surface area contributed by atoms with Gasteiger partial charge in [0.2, 0.25) is 0 Å². The molecule has 0 amide bonds. The summed E-state index contributed by atoms with van der Waals surface area (Å²) < 4.78 is 16.6. The highest BCUT2D eigenvalue weighted by Crippen LogP contribution is 2.26. The summed E-state index contributed by atoms with van der Waals surface area (Å²) in [4.78, 5) is 22.1. The fourth-order valence-corrected chi connectivity index (χ4v) is 3.79. The van der Waals surface area contributed by atoms with E-state index in [1.807, 2.05) is 58.0 Å².